The first-order valence-corrected chi connectivity index (χ1v) is 5.53. The monoisotopic (exact) mass is 235 g/mol. The number of halogens is 1. The molecule has 0 radical (unpaired) electrons. The van der Waals surface area contributed by atoms with E-state index in [4.69, 9.17) is 11.6 Å². The summed E-state index contributed by atoms with van der Waals surface area (Å²) < 4.78 is 0. The zero-order chi connectivity index (χ0) is 11.8. The summed E-state index contributed by atoms with van der Waals surface area (Å²) in [7, 11) is 0. The Hall–Kier alpha value is -1.35. The lowest BCUT2D eigenvalue weighted by molar-refractivity contribution is 0.548. The highest BCUT2D eigenvalue weighted by molar-refractivity contribution is 6.30. The minimum Gasteiger partial charge on any atom is -0.262 e. The summed E-state index contributed by atoms with van der Waals surface area (Å²) in [5, 5.41) is 7.89. The summed E-state index contributed by atoms with van der Waals surface area (Å²) in [6.45, 7) is 6.29. The van der Waals surface area contributed by atoms with Gasteiger partial charge in [0.05, 0.1) is 0 Å². The fraction of sp³-hybridized carbons (Fsp3) is 0.333. The molecule has 4 heteroatoms. The summed E-state index contributed by atoms with van der Waals surface area (Å²) >= 11 is 5.83. The van der Waals surface area contributed by atoms with Crippen LogP contribution in [0.2, 0.25) is 5.02 Å². The molecule has 0 atom stereocenters. The van der Waals surface area contributed by atoms with Crippen LogP contribution in [0.25, 0.3) is 11.4 Å². The largest absolute Gasteiger partial charge is 0.262 e. The van der Waals surface area contributed by atoms with Crippen molar-refractivity contribution in [1.82, 2.24) is 15.2 Å². The van der Waals surface area contributed by atoms with E-state index in [0.29, 0.717) is 5.82 Å². The van der Waals surface area contributed by atoms with Crippen molar-refractivity contribution in [1.29, 1.82) is 0 Å². The van der Waals surface area contributed by atoms with Gasteiger partial charge in [0, 0.05) is 16.0 Å². The molecule has 1 aromatic carbocycles. The van der Waals surface area contributed by atoms with E-state index >= 15 is 0 Å². The van der Waals surface area contributed by atoms with Crippen molar-refractivity contribution < 1.29 is 0 Å². The third-order valence-corrected chi connectivity index (χ3v) is 2.55. The van der Waals surface area contributed by atoms with Gasteiger partial charge in [-0.05, 0) is 24.3 Å². The average molecular weight is 236 g/mol. The molecule has 2 rings (SSSR count). The normalized spacial score (nSPS) is 11.8. The van der Waals surface area contributed by atoms with Crippen molar-refractivity contribution >= 4 is 11.6 Å². The summed E-state index contributed by atoms with van der Waals surface area (Å²) in [6.07, 6.45) is 0. The van der Waals surface area contributed by atoms with E-state index in [0.717, 1.165) is 16.4 Å². The molecular formula is C12H14ClN3. The summed E-state index contributed by atoms with van der Waals surface area (Å²) in [5.74, 6) is 1.60. The van der Waals surface area contributed by atoms with E-state index < -0.39 is 0 Å². The van der Waals surface area contributed by atoms with E-state index in [2.05, 4.69) is 36.0 Å². The van der Waals surface area contributed by atoms with Gasteiger partial charge in [0.15, 0.2) is 5.82 Å². The Kier molecular flexibility index (Phi) is 2.72. The topological polar surface area (TPSA) is 41.6 Å². The maximum absolute atomic E-state index is 5.83. The number of aromatic amines is 1. The Morgan fingerprint density at radius 3 is 2.25 bits per heavy atom. The lowest BCUT2D eigenvalue weighted by atomic mass is 9.96. The van der Waals surface area contributed by atoms with Crippen molar-refractivity contribution in [3.8, 4) is 11.4 Å². The minimum absolute atomic E-state index is 0.0162. The van der Waals surface area contributed by atoms with Gasteiger partial charge >= 0.3 is 0 Å². The maximum Gasteiger partial charge on any atom is 0.181 e. The number of benzene rings is 1. The highest BCUT2D eigenvalue weighted by Gasteiger charge is 2.18. The van der Waals surface area contributed by atoms with Crippen LogP contribution < -0.4 is 0 Å². The predicted octanol–water partition coefficient (Wildman–Crippen LogP) is 3.42. The molecule has 16 heavy (non-hydrogen) atoms. The van der Waals surface area contributed by atoms with Gasteiger partial charge in [0.1, 0.15) is 5.82 Å². The van der Waals surface area contributed by atoms with Crippen molar-refractivity contribution in [3.63, 3.8) is 0 Å². The molecule has 84 valence electrons. The SMILES string of the molecule is CC(C)(C)c1nc(-c2ccc(Cl)cc2)n[nH]1. The molecule has 0 amide bonds. The molecule has 0 unspecified atom stereocenters. The first-order valence-electron chi connectivity index (χ1n) is 5.15. The quantitative estimate of drug-likeness (QED) is 0.823. The van der Waals surface area contributed by atoms with Gasteiger partial charge in [-0.15, -0.1) is 0 Å². The zero-order valence-corrected chi connectivity index (χ0v) is 10.3. The first-order chi connectivity index (χ1) is 7.47. The summed E-state index contributed by atoms with van der Waals surface area (Å²) in [6, 6.07) is 7.50. The highest BCUT2D eigenvalue weighted by Crippen LogP contribution is 2.22. The molecule has 0 spiro atoms. The van der Waals surface area contributed by atoms with Gasteiger partial charge < -0.3 is 0 Å². The third kappa shape index (κ3) is 2.25. The van der Waals surface area contributed by atoms with E-state index in [1.54, 1.807) is 0 Å². The molecule has 0 aliphatic rings. The van der Waals surface area contributed by atoms with Gasteiger partial charge in [0.25, 0.3) is 0 Å². The van der Waals surface area contributed by atoms with Crippen LogP contribution in [0.15, 0.2) is 24.3 Å². The molecular weight excluding hydrogens is 222 g/mol. The number of nitrogens with one attached hydrogen (secondary N) is 1. The second kappa shape index (κ2) is 3.91. The summed E-state index contributed by atoms with van der Waals surface area (Å²) in [4.78, 5) is 4.47. The van der Waals surface area contributed by atoms with E-state index in [1.165, 1.54) is 0 Å². The number of aromatic nitrogens is 3. The number of hydrogen-bond donors (Lipinski definition) is 1. The Labute approximate surface area is 99.9 Å². The van der Waals surface area contributed by atoms with Crippen molar-refractivity contribution in [2.24, 2.45) is 0 Å². The lowest BCUT2D eigenvalue weighted by Crippen LogP contribution is -2.13. The van der Waals surface area contributed by atoms with Crippen molar-refractivity contribution in [3.05, 3.63) is 35.1 Å². The minimum atomic E-state index is -0.0162. The number of hydrogen-bond acceptors (Lipinski definition) is 2. The van der Waals surface area contributed by atoms with Crippen LogP contribution in [0.3, 0.4) is 0 Å². The molecule has 0 aliphatic carbocycles. The van der Waals surface area contributed by atoms with Crippen LogP contribution in [0.4, 0.5) is 0 Å². The van der Waals surface area contributed by atoms with Gasteiger partial charge in [-0.3, -0.25) is 5.10 Å². The van der Waals surface area contributed by atoms with E-state index in [-0.39, 0.29) is 5.41 Å². The van der Waals surface area contributed by atoms with Crippen LogP contribution in [0.1, 0.15) is 26.6 Å². The Morgan fingerprint density at radius 2 is 1.75 bits per heavy atom. The molecule has 1 aromatic heterocycles. The van der Waals surface area contributed by atoms with Gasteiger partial charge in [-0.2, -0.15) is 5.10 Å². The van der Waals surface area contributed by atoms with Crippen LogP contribution in [0.5, 0.6) is 0 Å². The third-order valence-electron chi connectivity index (χ3n) is 2.30. The van der Waals surface area contributed by atoms with Gasteiger partial charge in [-0.1, -0.05) is 32.4 Å². The zero-order valence-electron chi connectivity index (χ0n) is 9.58. The molecule has 0 saturated heterocycles. The van der Waals surface area contributed by atoms with Crippen molar-refractivity contribution in [2.45, 2.75) is 26.2 Å². The number of nitrogens with zero attached hydrogens (tertiary/aromatic N) is 2. The van der Waals surface area contributed by atoms with Crippen LogP contribution in [0, 0.1) is 0 Å². The Balaban J connectivity index is 2.35. The molecule has 2 aromatic rings. The second-order valence-corrected chi connectivity index (χ2v) is 5.20. The number of rotatable bonds is 1. The second-order valence-electron chi connectivity index (χ2n) is 4.76. The smallest absolute Gasteiger partial charge is 0.181 e. The standard InChI is InChI=1S/C12H14ClN3/c1-12(2,3)11-14-10(15-16-11)8-4-6-9(13)7-5-8/h4-7H,1-3H3,(H,14,15,16). The molecule has 0 aliphatic heterocycles. The summed E-state index contributed by atoms with van der Waals surface area (Å²) in [5.41, 5.74) is 0.952. The molecule has 0 saturated carbocycles. The Bertz CT molecular complexity index is 480. The number of H-pyrrole nitrogens is 1. The van der Waals surface area contributed by atoms with Gasteiger partial charge in [-0.25, -0.2) is 4.98 Å². The Morgan fingerprint density at radius 1 is 1.12 bits per heavy atom. The molecule has 0 bridgehead atoms. The maximum atomic E-state index is 5.83. The fourth-order valence-corrected chi connectivity index (χ4v) is 1.45. The predicted molar refractivity (Wildman–Crippen MR) is 65.5 cm³/mol. The lowest BCUT2D eigenvalue weighted by Gasteiger charge is -2.12. The van der Waals surface area contributed by atoms with Crippen LogP contribution >= 0.6 is 11.6 Å². The molecule has 1 N–H and O–H groups in total. The van der Waals surface area contributed by atoms with Crippen molar-refractivity contribution in [2.75, 3.05) is 0 Å². The van der Waals surface area contributed by atoms with E-state index in [1.807, 2.05) is 24.3 Å². The highest BCUT2D eigenvalue weighted by atomic mass is 35.5. The average Bonchev–Trinajstić information content (AvgIpc) is 2.67. The van der Waals surface area contributed by atoms with Crippen LogP contribution in [-0.2, 0) is 5.41 Å². The fourth-order valence-electron chi connectivity index (χ4n) is 1.33. The first kappa shape index (κ1) is 11.1. The van der Waals surface area contributed by atoms with Crippen LogP contribution in [-0.4, -0.2) is 15.2 Å². The molecule has 3 nitrogen and oxygen atoms in total. The molecule has 0 fully saturated rings. The molecule has 1 heterocycles. The van der Waals surface area contributed by atoms with E-state index in [9.17, 15) is 0 Å². The van der Waals surface area contributed by atoms with Gasteiger partial charge in [0.2, 0.25) is 0 Å².